The van der Waals surface area contributed by atoms with E-state index >= 15 is 0 Å². The van der Waals surface area contributed by atoms with Gasteiger partial charge in [0.15, 0.2) is 0 Å². The van der Waals surface area contributed by atoms with Gasteiger partial charge < -0.3 is 25.1 Å². The number of hydrogen-bond donors (Lipinski definition) is 3. The predicted molar refractivity (Wildman–Crippen MR) is 238 cm³/mol. The third kappa shape index (κ3) is 9.12. The van der Waals surface area contributed by atoms with Gasteiger partial charge in [0.1, 0.15) is 35.3 Å². The Morgan fingerprint density at radius 3 is 2.31 bits per heavy atom. The molecule has 5 aromatic rings. The number of hydrogen-bond acceptors (Lipinski definition) is 12. The Bertz CT molecular complexity index is 2530. The lowest BCUT2D eigenvalue weighted by Crippen LogP contribution is -2.54. The topological polar surface area (TPSA) is 194 Å². The number of nitrogens with one attached hydrogen (secondary N) is 2. The number of amides is 5. The Morgan fingerprint density at radius 2 is 1.55 bits per heavy atom. The van der Waals surface area contributed by atoms with Crippen molar-refractivity contribution in [1.82, 2.24) is 39.9 Å². The molecule has 16 heteroatoms. The molecule has 0 spiro atoms. The first-order valence-corrected chi connectivity index (χ1v) is 22.3. The number of piperidine rings is 1. The maximum Gasteiger partial charge on any atom is 0.262 e. The van der Waals surface area contributed by atoms with Crippen LogP contribution in [0, 0.1) is 0 Å². The molecule has 5 amide bonds. The first-order valence-electron chi connectivity index (χ1n) is 22.3. The van der Waals surface area contributed by atoms with Crippen molar-refractivity contribution in [3.05, 3.63) is 102 Å². The summed E-state index contributed by atoms with van der Waals surface area (Å²) in [6.07, 6.45) is 8.64. The molecule has 1 aliphatic carbocycles. The van der Waals surface area contributed by atoms with Crippen molar-refractivity contribution in [2.45, 2.75) is 69.5 Å². The number of piperazine rings is 1. The minimum atomic E-state index is -1.04. The summed E-state index contributed by atoms with van der Waals surface area (Å²) in [6, 6.07) is 22.6. The summed E-state index contributed by atoms with van der Waals surface area (Å²) in [5.41, 5.74) is 10.4. The standard InChI is InChI=1S/C48H53N9O7/c49-44-43-38(31-9-16-36(17-10-31)64-35-6-2-1-3-7-35)29-56(45(43)52-30-51-44)34-14-12-33(13-15-34)55-24-22-54(23-25-55)26-28-63-27-21-50-40(58)19-11-32-5-4-8-37-42(32)48(62)57(47(37)61)39-18-20-41(59)53-46(39)60/h1-10,16-17,29-30,33-34,39H,11-15,18-28H2,(H,50,58)(H2,49,51,52)(H,53,59,60). The van der Waals surface area contributed by atoms with Crippen LogP contribution in [-0.4, -0.2) is 123 Å². The first kappa shape index (κ1) is 42.8. The Balaban J connectivity index is 0.680. The molecule has 1 atom stereocenters. The van der Waals surface area contributed by atoms with E-state index in [9.17, 15) is 24.0 Å². The zero-order valence-corrected chi connectivity index (χ0v) is 35.7. The number of carbonyl (C=O) groups excluding carboxylic acids is 5. The third-order valence-corrected chi connectivity index (χ3v) is 13.1. The zero-order chi connectivity index (χ0) is 44.2. The quantitative estimate of drug-likeness (QED) is 0.0969. The SMILES string of the molecule is Nc1ncnc2c1c(-c1ccc(Oc3ccccc3)cc1)cn2C1CCC(N2CCN(CCOCCNC(=O)CCc3cccc4c3C(=O)N(C3CCC(=O)NC3=O)C4=O)CC2)CC1. The number of benzene rings is 3. The largest absolute Gasteiger partial charge is 0.457 e. The van der Waals surface area contributed by atoms with Gasteiger partial charge in [0.05, 0.1) is 29.7 Å². The smallest absolute Gasteiger partial charge is 0.262 e. The van der Waals surface area contributed by atoms with Crippen LogP contribution in [0.15, 0.2) is 85.3 Å². The van der Waals surface area contributed by atoms with E-state index in [0.29, 0.717) is 43.2 Å². The van der Waals surface area contributed by atoms with E-state index < -0.39 is 29.7 Å². The van der Waals surface area contributed by atoms with Gasteiger partial charge in [-0.25, -0.2) is 9.97 Å². The molecule has 3 aliphatic heterocycles. The van der Waals surface area contributed by atoms with Crippen LogP contribution in [0.5, 0.6) is 11.5 Å². The fourth-order valence-electron chi connectivity index (χ4n) is 9.67. The Labute approximate surface area is 371 Å². The third-order valence-electron chi connectivity index (χ3n) is 13.1. The van der Waals surface area contributed by atoms with Gasteiger partial charge in [-0.15, -0.1) is 0 Å². The molecule has 0 radical (unpaired) electrons. The Hall–Kier alpha value is -6.49. The van der Waals surface area contributed by atoms with E-state index in [4.69, 9.17) is 20.2 Å². The second-order valence-electron chi connectivity index (χ2n) is 16.9. The summed E-state index contributed by atoms with van der Waals surface area (Å²) in [5, 5.41) is 5.98. The number of rotatable bonds is 15. The van der Waals surface area contributed by atoms with Gasteiger partial charge in [0.2, 0.25) is 17.7 Å². The maximum absolute atomic E-state index is 13.4. The fraction of sp³-hybridized carbons (Fsp3) is 0.396. The molecule has 1 unspecified atom stereocenters. The van der Waals surface area contributed by atoms with Crippen molar-refractivity contribution in [2.75, 3.05) is 58.2 Å². The molecule has 5 heterocycles. The number of nitrogen functional groups attached to an aromatic ring is 1. The summed E-state index contributed by atoms with van der Waals surface area (Å²) in [6.45, 7) is 6.16. The van der Waals surface area contributed by atoms with E-state index in [-0.39, 0.29) is 42.7 Å². The fourth-order valence-corrected chi connectivity index (χ4v) is 9.67. The summed E-state index contributed by atoms with van der Waals surface area (Å²) in [5.74, 6) is -0.363. The number of anilines is 1. The first-order chi connectivity index (χ1) is 31.2. The van der Waals surface area contributed by atoms with Crippen LogP contribution >= 0.6 is 0 Å². The van der Waals surface area contributed by atoms with Crippen molar-refractivity contribution >= 4 is 46.4 Å². The lowest BCUT2D eigenvalue weighted by Gasteiger charge is -2.42. The summed E-state index contributed by atoms with van der Waals surface area (Å²) < 4.78 is 14.2. The molecule has 2 aromatic heterocycles. The molecule has 64 heavy (non-hydrogen) atoms. The van der Waals surface area contributed by atoms with Gasteiger partial charge in [-0.2, -0.15) is 0 Å². The summed E-state index contributed by atoms with van der Waals surface area (Å²) in [4.78, 5) is 78.3. The highest BCUT2D eigenvalue weighted by Gasteiger charge is 2.45. The van der Waals surface area contributed by atoms with Crippen LogP contribution in [0.4, 0.5) is 5.82 Å². The molecule has 1 saturated carbocycles. The molecule has 9 rings (SSSR count). The van der Waals surface area contributed by atoms with Crippen LogP contribution in [0.25, 0.3) is 22.2 Å². The average Bonchev–Trinajstić information content (AvgIpc) is 3.83. The van der Waals surface area contributed by atoms with Gasteiger partial charge in [-0.1, -0.05) is 42.5 Å². The molecule has 4 N–H and O–H groups in total. The number of carbonyl (C=O) groups is 5. The van der Waals surface area contributed by atoms with E-state index in [1.807, 2.05) is 42.5 Å². The van der Waals surface area contributed by atoms with Crippen LogP contribution in [0.3, 0.4) is 0 Å². The lowest BCUT2D eigenvalue weighted by atomic mass is 9.89. The van der Waals surface area contributed by atoms with E-state index in [2.05, 4.69) is 48.3 Å². The van der Waals surface area contributed by atoms with Crippen LogP contribution < -0.4 is 21.1 Å². The minimum absolute atomic E-state index is 0.0509. The van der Waals surface area contributed by atoms with Gasteiger partial charge in [0, 0.05) is 76.0 Å². The minimum Gasteiger partial charge on any atom is -0.457 e. The lowest BCUT2D eigenvalue weighted by molar-refractivity contribution is -0.136. The molecular weight excluding hydrogens is 815 g/mol. The number of nitrogens with two attached hydrogens (primary N) is 1. The number of ether oxygens (including phenoxy) is 2. The van der Waals surface area contributed by atoms with E-state index in [1.54, 1.807) is 24.5 Å². The second kappa shape index (κ2) is 19.1. The normalized spacial score (nSPS) is 20.7. The highest BCUT2D eigenvalue weighted by atomic mass is 16.5. The number of fused-ring (bicyclic) bond motifs is 2. The van der Waals surface area contributed by atoms with E-state index in [0.717, 1.165) is 97.0 Å². The summed E-state index contributed by atoms with van der Waals surface area (Å²) >= 11 is 0. The highest BCUT2D eigenvalue weighted by Crippen LogP contribution is 2.40. The van der Waals surface area contributed by atoms with Gasteiger partial charge >= 0.3 is 0 Å². The molecule has 0 bridgehead atoms. The zero-order valence-electron chi connectivity index (χ0n) is 35.7. The Kier molecular flexibility index (Phi) is 12.8. The number of nitrogens with zero attached hydrogens (tertiary/aromatic N) is 6. The molecular formula is C48H53N9O7. The summed E-state index contributed by atoms with van der Waals surface area (Å²) in [7, 11) is 0. The maximum atomic E-state index is 13.4. The molecule has 2 saturated heterocycles. The Morgan fingerprint density at radius 1 is 0.797 bits per heavy atom. The van der Waals surface area contributed by atoms with Crippen molar-refractivity contribution in [3.63, 3.8) is 0 Å². The van der Waals surface area contributed by atoms with Crippen LogP contribution in [-0.2, 0) is 25.5 Å². The molecule has 4 aliphatic rings. The van der Waals surface area contributed by atoms with Crippen molar-refractivity contribution in [1.29, 1.82) is 0 Å². The molecule has 16 nitrogen and oxygen atoms in total. The van der Waals surface area contributed by atoms with Gasteiger partial charge in [-0.05, 0) is 80.0 Å². The molecule has 332 valence electrons. The van der Waals surface area contributed by atoms with Crippen molar-refractivity contribution in [2.24, 2.45) is 0 Å². The molecule has 3 aromatic carbocycles. The highest BCUT2D eigenvalue weighted by molar-refractivity contribution is 6.24. The number of imide groups is 2. The van der Waals surface area contributed by atoms with Crippen LogP contribution in [0.2, 0.25) is 0 Å². The van der Waals surface area contributed by atoms with Crippen molar-refractivity contribution in [3.8, 4) is 22.6 Å². The van der Waals surface area contributed by atoms with E-state index in [1.165, 1.54) is 0 Å². The number of aromatic nitrogens is 3. The average molecular weight is 868 g/mol. The van der Waals surface area contributed by atoms with Crippen molar-refractivity contribution < 1.29 is 33.4 Å². The van der Waals surface area contributed by atoms with Gasteiger partial charge in [0.25, 0.3) is 11.8 Å². The van der Waals surface area contributed by atoms with Crippen LogP contribution in [0.1, 0.15) is 77.3 Å². The predicted octanol–water partition coefficient (Wildman–Crippen LogP) is 4.74. The second-order valence-corrected chi connectivity index (χ2v) is 16.9. The van der Waals surface area contributed by atoms with Gasteiger partial charge in [-0.3, -0.25) is 44.0 Å². The molecule has 3 fully saturated rings. The monoisotopic (exact) mass is 867 g/mol. The number of aryl methyl sites for hydroxylation is 1. The number of para-hydroxylation sites is 1.